The Bertz CT molecular complexity index is 402. The molecule has 0 saturated heterocycles. The van der Waals surface area contributed by atoms with Crippen molar-refractivity contribution >= 4 is 11.6 Å². The number of hydrogen-bond acceptors (Lipinski definition) is 2. The summed E-state index contributed by atoms with van der Waals surface area (Å²) in [6.07, 6.45) is -4.91. The number of hydrogen-bond donors (Lipinski definition) is 1. The molecular weight excluding hydrogens is 223 g/mol. The Balaban J connectivity index is 2.93. The normalized spacial score (nSPS) is 11.1. The van der Waals surface area contributed by atoms with E-state index in [1.54, 1.807) is 18.3 Å². The highest BCUT2D eigenvalue weighted by Gasteiger charge is 2.39. The lowest BCUT2D eigenvalue weighted by atomic mass is 10.2. The number of methoxy groups -OCH3 is 1. The molecular formula is C10H10F3NO2. The Morgan fingerprint density at radius 2 is 2.00 bits per heavy atom. The van der Waals surface area contributed by atoms with Crippen molar-refractivity contribution in [2.75, 3.05) is 12.4 Å². The summed E-state index contributed by atoms with van der Waals surface area (Å²) in [6.45, 7) is 1.76. The number of aryl methyl sites for hydroxylation is 1. The maximum Gasteiger partial charge on any atom is 0.471 e. The monoisotopic (exact) mass is 233 g/mol. The maximum atomic E-state index is 12.0. The molecule has 16 heavy (non-hydrogen) atoms. The van der Waals surface area contributed by atoms with E-state index in [4.69, 9.17) is 4.74 Å². The molecule has 0 aliphatic carbocycles. The van der Waals surface area contributed by atoms with Crippen LogP contribution in [-0.2, 0) is 4.79 Å². The highest BCUT2D eigenvalue weighted by Crippen LogP contribution is 2.27. The van der Waals surface area contributed by atoms with E-state index in [1.165, 1.54) is 19.2 Å². The van der Waals surface area contributed by atoms with E-state index >= 15 is 0 Å². The standard InChI is InChI=1S/C10H10F3NO2/c1-6-3-4-7(8(5-6)16-2)14-9(15)10(11,12)13/h3-5H,1-2H3,(H,14,15). The molecule has 1 aromatic rings. The van der Waals surface area contributed by atoms with Crippen LogP contribution in [0.25, 0.3) is 0 Å². The number of carbonyl (C=O) groups excluding carboxylic acids is 1. The number of carbonyl (C=O) groups is 1. The predicted octanol–water partition coefficient (Wildman–Crippen LogP) is 2.50. The molecule has 0 radical (unpaired) electrons. The van der Waals surface area contributed by atoms with Gasteiger partial charge in [-0.05, 0) is 24.6 Å². The van der Waals surface area contributed by atoms with E-state index in [0.717, 1.165) is 5.56 Å². The van der Waals surface area contributed by atoms with Crippen LogP contribution in [0.2, 0.25) is 0 Å². The minimum Gasteiger partial charge on any atom is -0.495 e. The van der Waals surface area contributed by atoms with Gasteiger partial charge < -0.3 is 10.1 Å². The van der Waals surface area contributed by atoms with E-state index in [9.17, 15) is 18.0 Å². The molecule has 0 bridgehead atoms. The largest absolute Gasteiger partial charge is 0.495 e. The van der Waals surface area contributed by atoms with Crippen molar-refractivity contribution in [1.82, 2.24) is 0 Å². The van der Waals surface area contributed by atoms with Crippen LogP contribution in [0.1, 0.15) is 5.56 Å². The molecule has 3 nitrogen and oxygen atoms in total. The van der Waals surface area contributed by atoms with Gasteiger partial charge in [0.25, 0.3) is 0 Å². The zero-order valence-corrected chi connectivity index (χ0v) is 8.68. The van der Waals surface area contributed by atoms with Gasteiger partial charge in [0, 0.05) is 0 Å². The molecule has 0 spiro atoms. The quantitative estimate of drug-likeness (QED) is 0.852. The second-order valence-electron chi connectivity index (χ2n) is 3.16. The van der Waals surface area contributed by atoms with Crippen molar-refractivity contribution in [3.05, 3.63) is 23.8 Å². The number of anilines is 1. The van der Waals surface area contributed by atoms with Crippen LogP contribution in [0.4, 0.5) is 18.9 Å². The summed E-state index contributed by atoms with van der Waals surface area (Å²) in [7, 11) is 1.32. The molecule has 0 aliphatic heterocycles. The Morgan fingerprint density at radius 3 is 2.50 bits per heavy atom. The zero-order valence-electron chi connectivity index (χ0n) is 8.68. The predicted molar refractivity (Wildman–Crippen MR) is 52.4 cm³/mol. The molecule has 0 heterocycles. The van der Waals surface area contributed by atoms with E-state index in [1.807, 2.05) is 0 Å². The smallest absolute Gasteiger partial charge is 0.471 e. The van der Waals surface area contributed by atoms with Crippen LogP contribution in [0, 0.1) is 6.92 Å². The third kappa shape index (κ3) is 2.88. The minimum absolute atomic E-state index is 0.00424. The molecule has 6 heteroatoms. The Hall–Kier alpha value is -1.72. The van der Waals surface area contributed by atoms with Crippen molar-refractivity contribution in [3.63, 3.8) is 0 Å². The summed E-state index contributed by atoms with van der Waals surface area (Å²) in [6, 6.07) is 4.47. The molecule has 0 saturated carbocycles. The van der Waals surface area contributed by atoms with Gasteiger partial charge in [0.15, 0.2) is 0 Å². The van der Waals surface area contributed by atoms with Crippen LogP contribution in [-0.4, -0.2) is 19.2 Å². The zero-order chi connectivity index (χ0) is 12.3. The molecule has 1 N–H and O–H groups in total. The Kier molecular flexibility index (Phi) is 3.41. The van der Waals surface area contributed by atoms with Gasteiger partial charge in [-0.3, -0.25) is 4.79 Å². The molecule has 88 valence electrons. The molecule has 0 aliphatic rings. The fourth-order valence-electron chi connectivity index (χ4n) is 1.09. The Labute approximate surface area is 90.2 Å². The van der Waals surface area contributed by atoms with Crippen molar-refractivity contribution in [2.45, 2.75) is 13.1 Å². The molecule has 1 aromatic carbocycles. The van der Waals surface area contributed by atoms with Gasteiger partial charge in [0.05, 0.1) is 12.8 Å². The van der Waals surface area contributed by atoms with Crippen LogP contribution in [0.5, 0.6) is 5.75 Å². The van der Waals surface area contributed by atoms with Crippen molar-refractivity contribution in [1.29, 1.82) is 0 Å². The Morgan fingerprint density at radius 1 is 1.38 bits per heavy atom. The van der Waals surface area contributed by atoms with Gasteiger partial charge in [-0.15, -0.1) is 0 Å². The minimum atomic E-state index is -4.91. The topological polar surface area (TPSA) is 38.3 Å². The average molecular weight is 233 g/mol. The van der Waals surface area contributed by atoms with Crippen molar-refractivity contribution in [3.8, 4) is 5.75 Å². The highest BCUT2D eigenvalue weighted by molar-refractivity contribution is 5.96. The first kappa shape index (κ1) is 12.4. The molecule has 0 atom stereocenters. The summed E-state index contributed by atoms with van der Waals surface area (Å²) in [4.78, 5) is 10.7. The molecule has 1 amide bonds. The first-order chi connectivity index (χ1) is 7.34. The van der Waals surface area contributed by atoms with Gasteiger partial charge >= 0.3 is 12.1 Å². The summed E-state index contributed by atoms with van der Waals surface area (Å²) in [5.74, 6) is -1.83. The molecule has 0 aromatic heterocycles. The van der Waals surface area contributed by atoms with Gasteiger partial charge in [-0.2, -0.15) is 13.2 Å². The number of halogens is 3. The fourth-order valence-corrected chi connectivity index (χ4v) is 1.09. The number of rotatable bonds is 2. The first-order valence-corrected chi connectivity index (χ1v) is 4.37. The van der Waals surface area contributed by atoms with Crippen LogP contribution in [0.15, 0.2) is 18.2 Å². The number of ether oxygens (including phenoxy) is 1. The van der Waals surface area contributed by atoms with Gasteiger partial charge in [0.2, 0.25) is 0 Å². The number of alkyl halides is 3. The third-order valence-electron chi connectivity index (χ3n) is 1.86. The van der Waals surface area contributed by atoms with E-state index in [0.29, 0.717) is 0 Å². The molecule has 0 fully saturated rings. The van der Waals surface area contributed by atoms with E-state index in [2.05, 4.69) is 0 Å². The highest BCUT2D eigenvalue weighted by atomic mass is 19.4. The van der Waals surface area contributed by atoms with Crippen molar-refractivity contribution in [2.24, 2.45) is 0 Å². The van der Waals surface area contributed by atoms with Gasteiger partial charge in [-0.1, -0.05) is 6.07 Å². The summed E-state index contributed by atoms with van der Waals surface area (Å²) in [5.41, 5.74) is 0.817. The maximum absolute atomic E-state index is 12.0. The summed E-state index contributed by atoms with van der Waals surface area (Å²) >= 11 is 0. The van der Waals surface area contributed by atoms with E-state index < -0.39 is 12.1 Å². The van der Waals surface area contributed by atoms with Crippen molar-refractivity contribution < 1.29 is 22.7 Å². The first-order valence-electron chi connectivity index (χ1n) is 4.37. The third-order valence-corrected chi connectivity index (χ3v) is 1.86. The van der Waals surface area contributed by atoms with E-state index in [-0.39, 0.29) is 11.4 Å². The average Bonchev–Trinajstić information content (AvgIpc) is 2.19. The number of amides is 1. The molecule has 1 rings (SSSR count). The van der Waals surface area contributed by atoms with Gasteiger partial charge in [0.1, 0.15) is 5.75 Å². The SMILES string of the molecule is COc1cc(C)ccc1NC(=O)C(F)(F)F. The summed E-state index contributed by atoms with van der Waals surface area (Å²) < 4.78 is 40.8. The number of benzene rings is 1. The second kappa shape index (κ2) is 4.42. The van der Waals surface area contributed by atoms with Crippen LogP contribution >= 0.6 is 0 Å². The fraction of sp³-hybridized carbons (Fsp3) is 0.300. The summed E-state index contributed by atoms with van der Waals surface area (Å²) in [5, 5.41) is 1.74. The lowest BCUT2D eigenvalue weighted by Gasteiger charge is -2.12. The van der Waals surface area contributed by atoms with Crippen LogP contribution in [0.3, 0.4) is 0 Å². The number of nitrogens with one attached hydrogen (secondary N) is 1. The molecule has 0 unspecified atom stereocenters. The lowest BCUT2D eigenvalue weighted by molar-refractivity contribution is -0.167. The second-order valence-corrected chi connectivity index (χ2v) is 3.16. The lowest BCUT2D eigenvalue weighted by Crippen LogP contribution is -2.30. The van der Waals surface area contributed by atoms with Crippen LogP contribution < -0.4 is 10.1 Å². The van der Waals surface area contributed by atoms with Gasteiger partial charge in [-0.25, -0.2) is 0 Å².